The Bertz CT molecular complexity index is 621. The Balaban J connectivity index is 2.06. The summed E-state index contributed by atoms with van der Waals surface area (Å²) in [6.45, 7) is 8.36. The lowest BCUT2D eigenvalue weighted by atomic mass is 10.1. The average Bonchev–Trinajstić information content (AvgIpc) is 2.96. The number of likely N-dealkylation sites (N-methyl/N-ethyl adjacent to an activating group) is 1. The van der Waals surface area contributed by atoms with Crippen LogP contribution < -0.4 is 10.6 Å². The van der Waals surface area contributed by atoms with E-state index in [1.807, 2.05) is 22.9 Å². The van der Waals surface area contributed by atoms with Gasteiger partial charge in [0.05, 0.1) is 24.0 Å². The van der Waals surface area contributed by atoms with Crippen LogP contribution in [-0.4, -0.2) is 34.8 Å². The summed E-state index contributed by atoms with van der Waals surface area (Å²) >= 11 is 0. The summed E-state index contributed by atoms with van der Waals surface area (Å²) in [5, 5.41) is 10.7. The van der Waals surface area contributed by atoms with E-state index in [2.05, 4.69) is 48.6 Å². The van der Waals surface area contributed by atoms with Gasteiger partial charge in [-0.2, -0.15) is 5.10 Å². The lowest BCUT2D eigenvalue weighted by Gasteiger charge is -2.13. The molecule has 0 aliphatic heterocycles. The van der Waals surface area contributed by atoms with Crippen LogP contribution in [0.1, 0.15) is 42.4 Å². The molecule has 23 heavy (non-hydrogen) atoms. The number of aromatic nitrogens is 2. The third-order valence-electron chi connectivity index (χ3n) is 3.82. The van der Waals surface area contributed by atoms with Crippen LogP contribution in [0.15, 0.2) is 36.5 Å². The lowest BCUT2D eigenvalue weighted by Crippen LogP contribution is -2.39. The maximum absolute atomic E-state index is 12.4. The Kier molecular flexibility index (Phi) is 6.35. The standard InChI is InChI=1S/C18H26N4O/c1-4-17-16(18(23)20-11-14(3)19-5-2)12-21-22(17)13-15-9-7-6-8-10-15/h6-10,12,14,19H,4-5,11,13H2,1-3H3,(H,20,23)/t14-/m1/s1. The molecule has 0 fully saturated rings. The highest BCUT2D eigenvalue weighted by Gasteiger charge is 2.16. The Hall–Kier alpha value is -2.14. The average molecular weight is 314 g/mol. The number of benzene rings is 1. The van der Waals surface area contributed by atoms with E-state index >= 15 is 0 Å². The number of carbonyl (C=O) groups excluding carboxylic acids is 1. The van der Waals surface area contributed by atoms with Gasteiger partial charge in [-0.15, -0.1) is 0 Å². The van der Waals surface area contributed by atoms with E-state index in [0.717, 1.165) is 18.7 Å². The van der Waals surface area contributed by atoms with Gasteiger partial charge >= 0.3 is 0 Å². The van der Waals surface area contributed by atoms with Gasteiger partial charge in [-0.25, -0.2) is 0 Å². The number of carbonyl (C=O) groups is 1. The molecule has 1 aromatic heterocycles. The molecule has 124 valence electrons. The molecule has 0 spiro atoms. The second-order valence-corrected chi connectivity index (χ2v) is 5.67. The topological polar surface area (TPSA) is 58.9 Å². The summed E-state index contributed by atoms with van der Waals surface area (Å²) < 4.78 is 1.91. The molecule has 2 N–H and O–H groups in total. The number of nitrogens with zero attached hydrogens (tertiary/aromatic N) is 2. The van der Waals surface area contributed by atoms with Crippen LogP contribution in [-0.2, 0) is 13.0 Å². The summed E-state index contributed by atoms with van der Waals surface area (Å²) in [5.74, 6) is -0.0501. The molecule has 1 amide bonds. The van der Waals surface area contributed by atoms with E-state index in [1.165, 1.54) is 5.56 Å². The SMILES string of the molecule is CCN[C@H](C)CNC(=O)c1cnn(Cc2ccccc2)c1CC. The fourth-order valence-corrected chi connectivity index (χ4v) is 2.63. The molecule has 5 heteroatoms. The highest BCUT2D eigenvalue weighted by molar-refractivity contribution is 5.95. The molecule has 2 aromatic rings. The van der Waals surface area contributed by atoms with Crippen molar-refractivity contribution < 1.29 is 4.79 Å². The van der Waals surface area contributed by atoms with Crippen LogP contribution >= 0.6 is 0 Å². The molecule has 0 aliphatic carbocycles. The second kappa shape index (κ2) is 8.48. The van der Waals surface area contributed by atoms with Crippen molar-refractivity contribution in [2.45, 2.75) is 39.8 Å². The molecule has 2 rings (SSSR count). The summed E-state index contributed by atoms with van der Waals surface area (Å²) in [6.07, 6.45) is 2.45. The van der Waals surface area contributed by atoms with Crippen molar-refractivity contribution in [2.24, 2.45) is 0 Å². The van der Waals surface area contributed by atoms with Gasteiger partial charge in [0.1, 0.15) is 0 Å². The first-order chi connectivity index (χ1) is 11.2. The smallest absolute Gasteiger partial charge is 0.254 e. The van der Waals surface area contributed by atoms with Crippen molar-refractivity contribution in [1.82, 2.24) is 20.4 Å². The van der Waals surface area contributed by atoms with Gasteiger partial charge in [-0.1, -0.05) is 44.2 Å². The van der Waals surface area contributed by atoms with E-state index in [4.69, 9.17) is 0 Å². The molecule has 1 aromatic carbocycles. The van der Waals surface area contributed by atoms with E-state index in [0.29, 0.717) is 18.7 Å². The van der Waals surface area contributed by atoms with Crippen LogP contribution in [0.3, 0.4) is 0 Å². The summed E-state index contributed by atoms with van der Waals surface area (Å²) in [6, 6.07) is 10.4. The molecular formula is C18H26N4O. The molecule has 0 radical (unpaired) electrons. The molecule has 0 aliphatic rings. The maximum Gasteiger partial charge on any atom is 0.254 e. The molecule has 1 heterocycles. The van der Waals surface area contributed by atoms with Crippen molar-refractivity contribution in [3.63, 3.8) is 0 Å². The zero-order valence-electron chi connectivity index (χ0n) is 14.2. The van der Waals surface area contributed by atoms with Crippen molar-refractivity contribution in [1.29, 1.82) is 0 Å². The Morgan fingerprint density at radius 1 is 1.26 bits per heavy atom. The number of nitrogens with one attached hydrogen (secondary N) is 2. The molecule has 0 saturated heterocycles. The van der Waals surface area contributed by atoms with Crippen LogP contribution in [0.5, 0.6) is 0 Å². The number of hydrogen-bond acceptors (Lipinski definition) is 3. The zero-order valence-corrected chi connectivity index (χ0v) is 14.2. The Morgan fingerprint density at radius 3 is 2.65 bits per heavy atom. The third kappa shape index (κ3) is 4.66. The van der Waals surface area contributed by atoms with Gasteiger partial charge in [-0.3, -0.25) is 9.48 Å². The first kappa shape index (κ1) is 17.2. The molecular weight excluding hydrogens is 288 g/mol. The largest absolute Gasteiger partial charge is 0.350 e. The minimum absolute atomic E-state index is 0.0501. The fraction of sp³-hybridized carbons (Fsp3) is 0.444. The van der Waals surface area contributed by atoms with Gasteiger partial charge in [0, 0.05) is 12.6 Å². The summed E-state index contributed by atoms with van der Waals surface area (Å²) in [4.78, 5) is 12.4. The quantitative estimate of drug-likeness (QED) is 0.785. The zero-order chi connectivity index (χ0) is 16.7. The number of hydrogen-bond donors (Lipinski definition) is 2. The van der Waals surface area contributed by atoms with E-state index in [9.17, 15) is 4.79 Å². The second-order valence-electron chi connectivity index (χ2n) is 5.67. The minimum Gasteiger partial charge on any atom is -0.350 e. The van der Waals surface area contributed by atoms with Crippen molar-refractivity contribution in [3.05, 3.63) is 53.3 Å². The van der Waals surface area contributed by atoms with Crippen LogP contribution in [0.4, 0.5) is 0 Å². The number of amides is 1. The normalized spacial score (nSPS) is 12.1. The van der Waals surface area contributed by atoms with Gasteiger partial charge in [0.15, 0.2) is 0 Å². The summed E-state index contributed by atoms with van der Waals surface area (Å²) in [7, 11) is 0. The predicted octanol–water partition coefficient (Wildman–Crippen LogP) is 2.22. The highest BCUT2D eigenvalue weighted by atomic mass is 16.1. The number of rotatable bonds is 8. The van der Waals surface area contributed by atoms with E-state index < -0.39 is 0 Å². The molecule has 5 nitrogen and oxygen atoms in total. The van der Waals surface area contributed by atoms with Gasteiger partial charge in [0.2, 0.25) is 0 Å². The third-order valence-corrected chi connectivity index (χ3v) is 3.82. The van der Waals surface area contributed by atoms with Gasteiger partial charge in [-0.05, 0) is 25.5 Å². The molecule has 0 saturated carbocycles. The van der Waals surface area contributed by atoms with E-state index in [-0.39, 0.29) is 11.9 Å². The summed E-state index contributed by atoms with van der Waals surface area (Å²) in [5.41, 5.74) is 2.83. The fourth-order valence-electron chi connectivity index (χ4n) is 2.63. The highest BCUT2D eigenvalue weighted by Crippen LogP contribution is 2.12. The van der Waals surface area contributed by atoms with Crippen LogP contribution in [0.2, 0.25) is 0 Å². The Labute approximate surface area is 138 Å². The molecule has 1 atom stereocenters. The van der Waals surface area contributed by atoms with Crippen molar-refractivity contribution in [2.75, 3.05) is 13.1 Å². The first-order valence-corrected chi connectivity index (χ1v) is 8.25. The molecule has 0 unspecified atom stereocenters. The van der Waals surface area contributed by atoms with Crippen molar-refractivity contribution >= 4 is 5.91 Å². The molecule has 0 bridgehead atoms. The van der Waals surface area contributed by atoms with Crippen LogP contribution in [0.25, 0.3) is 0 Å². The monoisotopic (exact) mass is 314 g/mol. The predicted molar refractivity (Wildman–Crippen MR) is 92.6 cm³/mol. The Morgan fingerprint density at radius 2 is 2.00 bits per heavy atom. The van der Waals surface area contributed by atoms with Crippen molar-refractivity contribution in [3.8, 4) is 0 Å². The van der Waals surface area contributed by atoms with Gasteiger partial charge < -0.3 is 10.6 Å². The van der Waals surface area contributed by atoms with E-state index in [1.54, 1.807) is 6.20 Å². The van der Waals surface area contributed by atoms with Gasteiger partial charge in [0.25, 0.3) is 5.91 Å². The lowest BCUT2D eigenvalue weighted by molar-refractivity contribution is 0.0949. The van der Waals surface area contributed by atoms with Crippen LogP contribution in [0, 0.1) is 0 Å². The first-order valence-electron chi connectivity index (χ1n) is 8.25. The maximum atomic E-state index is 12.4. The minimum atomic E-state index is -0.0501.